The molecule has 0 bridgehead atoms. The monoisotopic (exact) mass is 380 g/mol. The zero-order chi connectivity index (χ0) is 19.5. The van der Waals surface area contributed by atoms with Crippen LogP contribution >= 0.6 is 0 Å². The summed E-state index contributed by atoms with van der Waals surface area (Å²) in [6, 6.07) is 5.96. The van der Waals surface area contributed by atoms with Crippen molar-refractivity contribution in [2.45, 2.75) is 45.1 Å². The Balaban J connectivity index is 1.45. The quantitative estimate of drug-likeness (QED) is 0.882. The number of aromatic nitrogens is 2. The Bertz CT molecular complexity index is 862. The van der Waals surface area contributed by atoms with Crippen molar-refractivity contribution in [2.24, 2.45) is 0 Å². The Morgan fingerprint density at radius 3 is 3.07 bits per heavy atom. The van der Waals surface area contributed by atoms with Gasteiger partial charge in [-0.1, -0.05) is 17.7 Å². The molecule has 2 aromatic rings. The molecule has 2 aliphatic heterocycles. The Hall–Kier alpha value is -2.47. The van der Waals surface area contributed by atoms with E-state index >= 15 is 0 Å². The number of nitrogens with zero attached hydrogens (tertiary/aromatic N) is 3. The van der Waals surface area contributed by atoms with E-state index in [1.165, 1.54) is 6.42 Å². The molecule has 4 rings (SSSR count). The van der Waals surface area contributed by atoms with Gasteiger partial charge in [0.25, 0.3) is 0 Å². The van der Waals surface area contributed by atoms with E-state index < -0.39 is 0 Å². The van der Waals surface area contributed by atoms with Crippen molar-refractivity contribution in [3.05, 3.63) is 52.6 Å². The number of hydrogen-bond donors (Lipinski definition) is 1. The van der Waals surface area contributed by atoms with Crippen LogP contribution in [-0.2, 0) is 24.2 Å². The number of piperidine rings is 1. The smallest absolute Gasteiger partial charge is 0.227 e. The molecule has 0 aliphatic carbocycles. The average molecular weight is 380 g/mol. The van der Waals surface area contributed by atoms with Crippen LogP contribution < -0.4 is 10.1 Å². The van der Waals surface area contributed by atoms with Crippen LogP contribution in [0.2, 0.25) is 0 Å². The zero-order valence-corrected chi connectivity index (χ0v) is 16.7. The van der Waals surface area contributed by atoms with Crippen molar-refractivity contribution in [3.63, 3.8) is 0 Å². The normalized spacial score (nSPS) is 19.2. The largest absolute Gasteiger partial charge is 0.496 e. The Kier molecular flexibility index (Phi) is 5.57. The van der Waals surface area contributed by atoms with Crippen molar-refractivity contribution in [2.75, 3.05) is 26.7 Å². The molecule has 1 aromatic heterocycles. The molecule has 6 nitrogen and oxygen atoms in total. The molecule has 3 heterocycles. The molecular weight excluding hydrogens is 352 g/mol. The lowest BCUT2D eigenvalue weighted by molar-refractivity contribution is -0.131. The summed E-state index contributed by atoms with van der Waals surface area (Å²) in [7, 11) is 1.65. The number of hydrogen-bond acceptors (Lipinski definition) is 5. The number of benzene rings is 1. The standard InChI is InChI=1S/C22H28N4O2/c1-15-5-6-20(28-2)17(10-15)11-21(27)26-9-7-19-18(14-26)13-24-22(25-19)16-4-3-8-23-12-16/h5-6,10,13,16,23H,3-4,7-9,11-12,14H2,1-2H3/t16-/m0/s1. The lowest BCUT2D eigenvalue weighted by Gasteiger charge is -2.29. The second kappa shape index (κ2) is 8.27. The van der Waals surface area contributed by atoms with Gasteiger partial charge >= 0.3 is 0 Å². The number of ether oxygens (including phenoxy) is 1. The fourth-order valence-electron chi connectivity index (χ4n) is 4.13. The Labute approximate surface area is 166 Å². The lowest BCUT2D eigenvalue weighted by Crippen LogP contribution is -2.38. The molecule has 1 amide bonds. The number of amides is 1. The molecule has 1 saturated heterocycles. The number of fused-ring (bicyclic) bond motifs is 1. The van der Waals surface area contributed by atoms with E-state index in [2.05, 4.69) is 10.3 Å². The highest BCUT2D eigenvalue weighted by atomic mass is 16.5. The summed E-state index contributed by atoms with van der Waals surface area (Å²) >= 11 is 0. The third-order valence-electron chi connectivity index (χ3n) is 5.74. The first-order valence-corrected chi connectivity index (χ1v) is 10.1. The predicted octanol–water partition coefficient (Wildman–Crippen LogP) is 2.39. The maximum Gasteiger partial charge on any atom is 0.227 e. The molecule has 0 radical (unpaired) electrons. The molecule has 1 aromatic carbocycles. The van der Waals surface area contributed by atoms with Gasteiger partial charge in [-0.2, -0.15) is 0 Å². The zero-order valence-electron chi connectivity index (χ0n) is 16.7. The fraction of sp³-hybridized carbons (Fsp3) is 0.500. The van der Waals surface area contributed by atoms with Crippen LogP contribution in [0, 0.1) is 6.92 Å². The second-order valence-electron chi connectivity index (χ2n) is 7.80. The van der Waals surface area contributed by atoms with Crippen molar-refractivity contribution in [3.8, 4) is 5.75 Å². The molecule has 148 valence electrons. The highest BCUT2D eigenvalue weighted by Gasteiger charge is 2.25. The first kappa shape index (κ1) is 18.9. The van der Waals surface area contributed by atoms with E-state index in [-0.39, 0.29) is 5.91 Å². The minimum absolute atomic E-state index is 0.120. The van der Waals surface area contributed by atoms with E-state index in [9.17, 15) is 4.79 Å². The third kappa shape index (κ3) is 4.02. The highest BCUT2D eigenvalue weighted by molar-refractivity contribution is 5.80. The lowest BCUT2D eigenvalue weighted by atomic mass is 9.98. The molecule has 1 atom stereocenters. The van der Waals surface area contributed by atoms with Crippen LogP contribution in [0.1, 0.15) is 47.0 Å². The molecule has 1 fully saturated rings. The van der Waals surface area contributed by atoms with Crippen LogP contribution in [0.15, 0.2) is 24.4 Å². The number of nitrogens with one attached hydrogen (secondary N) is 1. The van der Waals surface area contributed by atoms with Crippen LogP contribution in [-0.4, -0.2) is 47.5 Å². The number of rotatable bonds is 4. The van der Waals surface area contributed by atoms with Gasteiger partial charge in [0.1, 0.15) is 11.6 Å². The number of carbonyl (C=O) groups is 1. The van der Waals surface area contributed by atoms with Crippen LogP contribution in [0.4, 0.5) is 0 Å². The molecule has 1 N–H and O–H groups in total. The van der Waals surface area contributed by atoms with Crippen LogP contribution in [0.25, 0.3) is 0 Å². The molecule has 2 aliphatic rings. The minimum atomic E-state index is 0.120. The van der Waals surface area contributed by atoms with Gasteiger partial charge in [-0.25, -0.2) is 9.97 Å². The number of carbonyl (C=O) groups excluding carboxylic acids is 1. The van der Waals surface area contributed by atoms with Gasteiger partial charge in [-0.15, -0.1) is 0 Å². The first-order chi connectivity index (χ1) is 13.6. The van der Waals surface area contributed by atoms with Gasteiger partial charge in [-0.3, -0.25) is 4.79 Å². The summed E-state index contributed by atoms with van der Waals surface area (Å²) in [4.78, 5) is 24.3. The van der Waals surface area contributed by atoms with Gasteiger partial charge in [0.05, 0.1) is 19.2 Å². The molecule has 28 heavy (non-hydrogen) atoms. The molecule has 6 heteroatoms. The SMILES string of the molecule is COc1ccc(C)cc1CC(=O)N1CCc2nc([C@H]3CCCNC3)ncc2C1. The van der Waals surface area contributed by atoms with Gasteiger partial charge in [0, 0.05) is 49.3 Å². The van der Waals surface area contributed by atoms with Gasteiger partial charge in [0.15, 0.2) is 0 Å². The molecule has 0 spiro atoms. The number of aryl methyl sites for hydroxylation is 1. The molecule has 0 unspecified atom stereocenters. The maximum atomic E-state index is 12.9. The van der Waals surface area contributed by atoms with E-state index in [1.807, 2.05) is 36.2 Å². The Morgan fingerprint density at radius 1 is 1.39 bits per heavy atom. The van der Waals surface area contributed by atoms with E-state index in [4.69, 9.17) is 9.72 Å². The summed E-state index contributed by atoms with van der Waals surface area (Å²) in [6.45, 7) is 5.37. The van der Waals surface area contributed by atoms with Crippen LogP contribution in [0.5, 0.6) is 5.75 Å². The first-order valence-electron chi connectivity index (χ1n) is 10.1. The topological polar surface area (TPSA) is 67.3 Å². The summed E-state index contributed by atoms with van der Waals surface area (Å²) in [5.41, 5.74) is 4.25. The number of methoxy groups -OCH3 is 1. The summed E-state index contributed by atoms with van der Waals surface area (Å²) in [5, 5.41) is 3.43. The van der Waals surface area contributed by atoms with Gasteiger partial charge in [-0.05, 0) is 32.4 Å². The van der Waals surface area contributed by atoms with E-state index in [0.29, 0.717) is 25.4 Å². The van der Waals surface area contributed by atoms with Crippen molar-refractivity contribution in [1.82, 2.24) is 20.2 Å². The fourth-order valence-corrected chi connectivity index (χ4v) is 4.13. The van der Waals surface area contributed by atoms with Crippen molar-refractivity contribution < 1.29 is 9.53 Å². The van der Waals surface area contributed by atoms with Gasteiger partial charge < -0.3 is 15.0 Å². The summed E-state index contributed by atoms with van der Waals surface area (Å²) in [6.07, 6.45) is 5.40. The maximum absolute atomic E-state index is 12.9. The minimum Gasteiger partial charge on any atom is -0.496 e. The highest BCUT2D eigenvalue weighted by Crippen LogP contribution is 2.25. The van der Waals surface area contributed by atoms with E-state index in [1.54, 1.807) is 7.11 Å². The van der Waals surface area contributed by atoms with Crippen molar-refractivity contribution in [1.29, 1.82) is 0 Å². The second-order valence-corrected chi connectivity index (χ2v) is 7.80. The van der Waals surface area contributed by atoms with E-state index in [0.717, 1.165) is 59.9 Å². The van der Waals surface area contributed by atoms with Crippen LogP contribution in [0.3, 0.4) is 0 Å². The van der Waals surface area contributed by atoms with Gasteiger partial charge in [0.2, 0.25) is 5.91 Å². The summed E-state index contributed by atoms with van der Waals surface area (Å²) < 4.78 is 5.42. The van der Waals surface area contributed by atoms with Crippen molar-refractivity contribution >= 4 is 5.91 Å². The third-order valence-corrected chi connectivity index (χ3v) is 5.74. The average Bonchev–Trinajstić information content (AvgIpc) is 2.74. The predicted molar refractivity (Wildman–Crippen MR) is 107 cm³/mol. The summed E-state index contributed by atoms with van der Waals surface area (Å²) in [5.74, 6) is 2.25. The molecular formula is C22H28N4O2. The molecule has 0 saturated carbocycles. The Morgan fingerprint density at radius 2 is 2.29 bits per heavy atom.